The van der Waals surface area contributed by atoms with Gasteiger partial charge in [-0.25, -0.2) is 10.3 Å². The maximum Gasteiger partial charge on any atom is 0.265 e. The van der Waals surface area contributed by atoms with E-state index in [1.807, 2.05) is 0 Å². The lowest BCUT2D eigenvalue weighted by molar-refractivity contribution is -0.121. The molecular formula is C17H13Br2N3O3. The average Bonchev–Trinajstić information content (AvgIpc) is 2.88. The Hall–Kier alpha value is -2.03. The zero-order chi connectivity index (χ0) is 18.0. The standard InChI is InChI=1S/C17H13Br2N3O3/c18-11-3-1-10(2-4-11)16(24)21-20-14-9-15(23)22(17(14)25)13-7-5-12(19)6-8-13/h1-8,14,20H,9H2,(H,21,24)/t14-/m1/s1. The van der Waals surface area contributed by atoms with E-state index < -0.39 is 11.9 Å². The zero-order valence-electron chi connectivity index (χ0n) is 12.8. The van der Waals surface area contributed by atoms with Crippen molar-refractivity contribution in [3.05, 3.63) is 63.0 Å². The van der Waals surface area contributed by atoms with Crippen LogP contribution >= 0.6 is 31.9 Å². The van der Waals surface area contributed by atoms with Crippen LogP contribution in [0.5, 0.6) is 0 Å². The first-order valence-electron chi connectivity index (χ1n) is 7.39. The number of rotatable bonds is 4. The predicted molar refractivity (Wildman–Crippen MR) is 99.8 cm³/mol. The van der Waals surface area contributed by atoms with Crippen LogP contribution in [0.1, 0.15) is 16.8 Å². The van der Waals surface area contributed by atoms with Crippen molar-refractivity contribution in [1.29, 1.82) is 0 Å². The number of hydrogen-bond acceptors (Lipinski definition) is 4. The molecule has 8 heteroatoms. The molecule has 0 unspecified atom stereocenters. The Balaban J connectivity index is 1.65. The second kappa shape index (κ2) is 7.47. The molecule has 2 N–H and O–H groups in total. The van der Waals surface area contributed by atoms with Gasteiger partial charge in [-0.15, -0.1) is 0 Å². The summed E-state index contributed by atoms with van der Waals surface area (Å²) in [5.74, 6) is -1.10. The van der Waals surface area contributed by atoms with Crippen molar-refractivity contribution in [3.63, 3.8) is 0 Å². The maximum atomic E-state index is 12.5. The van der Waals surface area contributed by atoms with Gasteiger partial charge in [0.05, 0.1) is 12.1 Å². The number of hydrazine groups is 1. The Bertz CT molecular complexity index is 822. The Kier molecular flexibility index (Phi) is 5.31. The molecule has 0 aromatic heterocycles. The largest absolute Gasteiger partial charge is 0.287 e. The minimum Gasteiger partial charge on any atom is -0.287 e. The number of carbonyl (C=O) groups excluding carboxylic acids is 3. The molecule has 3 rings (SSSR count). The fourth-order valence-electron chi connectivity index (χ4n) is 2.43. The Morgan fingerprint density at radius 1 is 0.960 bits per heavy atom. The number of imide groups is 1. The average molecular weight is 467 g/mol. The lowest BCUT2D eigenvalue weighted by Crippen LogP contribution is -2.48. The minimum atomic E-state index is -0.796. The van der Waals surface area contributed by atoms with Crippen LogP contribution in [0.2, 0.25) is 0 Å². The highest BCUT2D eigenvalue weighted by Gasteiger charge is 2.39. The minimum absolute atomic E-state index is 0.0183. The SMILES string of the molecule is O=C(NN[C@@H]1CC(=O)N(c2ccc(Br)cc2)C1=O)c1ccc(Br)cc1. The molecule has 0 bridgehead atoms. The van der Waals surface area contributed by atoms with Crippen molar-refractivity contribution in [2.75, 3.05) is 4.90 Å². The maximum absolute atomic E-state index is 12.5. The van der Waals surface area contributed by atoms with Crippen molar-refractivity contribution >= 4 is 55.3 Å². The molecule has 1 aliphatic rings. The first-order chi connectivity index (χ1) is 12.0. The van der Waals surface area contributed by atoms with E-state index in [1.54, 1.807) is 48.5 Å². The Labute approximate surface area is 160 Å². The molecule has 1 atom stereocenters. The number of halogens is 2. The number of anilines is 1. The van der Waals surface area contributed by atoms with Crippen LogP contribution in [-0.2, 0) is 9.59 Å². The van der Waals surface area contributed by atoms with Crippen molar-refractivity contribution in [1.82, 2.24) is 10.9 Å². The van der Waals surface area contributed by atoms with Gasteiger partial charge < -0.3 is 0 Å². The van der Waals surface area contributed by atoms with Gasteiger partial charge in [-0.05, 0) is 48.5 Å². The van der Waals surface area contributed by atoms with Gasteiger partial charge in [-0.1, -0.05) is 31.9 Å². The zero-order valence-corrected chi connectivity index (χ0v) is 16.0. The second-order valence-corrected chi connectivity index (χ2v) is 7.24. The molecule has 1 aliphatic heterocycles. The highest BCUT2D eigenvalue weighted by molar-refractivity contribution is 9.10. The summed E-state index contributed by atoms with van der Waals surface area (Å²) in [5, 5.41) is 0. The van der Waals surface area contributed by atoms with Gasteiger partial charge in [0.25, 0.3) is 11.8 Å². The van der Waals surface area contributed by atoms with E-state index in [-0.39, 0.29) is 18.2 Å². The topological polar surface area (TPSA) is 78.5 Å². The quantitative estimate of drug-likeness (QED) is 0.536. The summed E-state index contributed by atoms with van der Waals surface area (Å²) >= 11 is 6.61. The summed E-state index contributed by atoms with van der Waals surface area (Å²) in [6.07, 6.45) is -0.0183. The van der Waals surface area contributed by atoms with Crippen molar-refractivity contribution in [3.8, 4) is 0 Å². The van der Waals surface area contributed by atoms with E-state index in [4.69, 9.17) is 0 Å². The van der Waals surface area contributed by atoms with Crippen LogP contribution < -0.4 is 15.8 Å². The highest BCUT2D eigenvalue weighted by Crippen LogP contribution is 2.24. The van der Waals surface area contributed by atoms with Gasteiger partial charge in [0, 0.05) is 14.5 Å². The molecule has 6 nitrogen and oxygen atoms in total. The number of benzene rings is 2. The Morgan fingerprint density at radius 2 is 1.52 bits per heavy atom. The molecule has 2 aromatic rings. The van der Waals surface area contributed by atoms with Crippen molar-refractivity contribution < 1.29 is 14.4 Å². The molecular weight excluding hydrogens is 454 g/mol. The van der Waals surface area contributed by atoms with E-state index in [2.05, 4.69) is 42.7 Å². The van der Waals surface area contributed by atoms with Crippen LogP contribution in [0.4, 0.5) is 5.69 Å². The molecule has 0 aliphatic carbocycles. The first kappa shape index (κ1) is 17.8. The molecule has 1 saturated heterocycles. The number of carbonyl (C=O) groups is 3. The molecule has 0 radical (unpaired) electrons. The predicted octanol–water partition coefficient (Wildman–Crippen LogP) is 2.78. The molecule has 1 fully saturated rings. The van der Waals surface area contributed by atoms with Gasteiger partial charge in [0.1, 0.15) is 6.04 Å². The number of amides is 3. The Morgan fingerprint density at radius 3 is 2.12 bits per heavy atom. The summed E-state index contributed by atoms with van der Waals surface area (Å²) in [6, 6.07) is 12.9. The second-order valence-electron chi connectivity index (χ2n) is 5.41. The van der Waals surface area contributed by atoms with E-state index in [0.29, 0.717) is 11.3 Å². The van der Waals surface area contributed by atoms with Crippen LogP contribution in [0.3, 0.4) is 0 Å². The summed E-state index contributed by atoms with van der Waals surface area (Å²) in [4.78, 5) is 37.8. The molecule has 128 valence electrons. The summed E-state index contributed by atoms with van der Waals surface area (Å²) < 4.78 is 1.71. The fraction of sp³-hybridized carbons (Fsp3) is 0.118. The molecule has 0 spiro atoms. The van der Waals surface area contributed by atoms with Crippen LogP contribution in [0, 0.1) is 0 Å². The van der Waals surface area contributed by atoms with Crippen molar-refractivity contribution in [2.45, 2.75) is 12.5 Å². The van der Waals surface area contributed by atoms with E-state index in [0.717, 1.165) is 13.8 Å². The number of hydrogen-bond donors (Lipinski definition) is 2. The smallest absolute Gasteiger partial charge is 0.265 e. The van der Waals surface area contributed by atoms with Gasteiger partial charge >= 0.3 is 0 Å². The summed E-state index contributed by atoms with van der Waals surface area (Å²) in [6.45, 7) is 0. The number of nitrogens with zero attached hydrogens (tertiary/aromatic N) is 1. The van der Waals surface area contributed by atoms with Crippen LogP contribution in [-0.4, -0.2) is 23.8 Å². The fourth-order valence-corrected chi connectivity index (χ4v) is 2.96. The molecule has 25 heavy (non-hydrogen) atoms. The third-order valence-corrected chi connectivity index (χ3v) is 4.76. The van der Waals surface area contributed by atoms with E-state index >= 15 is 0 Å². The van der Waals surface area contributed by atoms with Crippen LogP contribution in [0.15, 0.2) is 57.5 Å². The van der Waals surface area contributed by atoms with Gasteiger partial charge in [0.2, 0.25) is 5.91 Å². The molecule has 0 saturated carbocycles. The third-order valence-electron chi connectivity index (χ3n) is 3.70. The lowest BCUT2D eigenvalue weighted by atomic mass is 10.2. The van der Waals surface area contributed by atoms with Gasteiger partial charge in [-0.2, -0.15) is 0 Å². The molecule has 3 amide bonds. The van der Waals surface area contributed by atoms with Crippen LogP contribution in [0.25, 0.3) is 0 Å². The lowest BCUT2D eigenvalue weighted by Gasteiger charge is -2.16. The number of nitrogens with one attached hydrogen (secondary N) is 2. The molecule has 2 aromatic carbocycles. The normalized spacial score (nSPS) is 17.0. The monoisotopic (exact) mass is 465 g/mol. The first-order valence-corrected chi connectivity index (χ1v) is 8.98. The third kappa shape index (κ3) is 3.97. The summed E-state index contributed by atoms with van der Waals surface area (Å²) in [7, 11) is 0. The van der Waals surface area contributed by atoms with Gasteiger partial charge in [0.15, 0.2) is 0 Å². The summed E-state index contributed by atoms with van der Waals surface area (Å²) in [5.41, 5.74) is 6.08. The highest BCUT2D eigenvalue weighted by atomic mass is 79.9. The van der Waals surface area contributed by atoms with Crippen molar-refractivity contribution in [2.24, 2.45) is 0 Å². The molecule has 1 heterocycles. The van der Waals surface area contributed by atoms with Gasteiger partial charge in [-0.3, -0.25) is 19.8 Å². The van der Waals surface area contributed by atoms with E-state index in [9.17, 15) is 14.4 Å². The van der Waals surface area contributed by atoms with E-state index in [1.165, 1.54) is 0 Å².